The molecular weight excluding hydrogens is 350 g/mol. The van der Waals surface area contributed by atoms with Gasteiger partial charge >= 0.3 is 5.69 Å². The first-order valence-electron chi connectivity index (χ1n) is 9.92. The molecule has 0 bridgehead atoms. The molecule has 0 radical (unpaired) electrons. The Bertz CT molecular complexity index is 958. The first kappa shape index (κ1) is 20.1. The molecule has 0 fully saturated rings. The Hall–Kier alpha value is -2.66. The molecule has 0 aliphatic rings. The predicted molar refractivity (Wildman–Crippen MR) is 112 cm³/mol. The topological polar surface area (TPSA) is 49.0 Å². The van der Waals surface area contributed by atoms with E-state index in [2.05, 4.69) is 49.3 Å². The van der Waals surface area contributed by atoms with E-state index in [0.29, 0.717) is 26.3 Å². The van der Waals surface area contributed by atoms with Gasteiger partial charge in [-0.25, -0.2) is 9.48 Å². The van der Waals surface area contributed by atoms with Gasteiger partial charge in [-0.3, -0.25) is 4.57 Å². The maximum atomic E-state index is 12.7. The second-order valence-electron chi connectivity index (χ2n) is 7.16. The fourth-order valence-electron chi connectivity index (χ4n) is 3.26. The van der Waals surface area contributed by atoms with Crippen LogP contribution in [-0.4, -0.2) is 21.0 Å². The normalized spacial score (nSPS) is 11.1. The highest BCUT2D eigenvalue weighted by molar-refractivity contribution is 5.29. The zero-order valence-corrected chi connectivity index (χ0v) is 17.0. The van der Waals surface area contributed by atoms with Crippen molar-refractivity contribution >= 4 is 0 Å². The van der Waals surface area contributed by atoms with E-state index < -0.39 is 0 Å². The number of nitrogens with zero attached hydrogens (tertiary/aromatic N) is 3. The number of rotatable bonds is 9. The predicted octanol–water partition coefficient (Wildman–Crippen LogP) is 3.88. The van der Waals surface area contributed by atoms with Crippen LogP contribution in [0, 0.1) is 13.8 Å². The average molecular weight is 380 g/mol. The molecule has 2 aromatic carbocycles. The lowest BCUT2D eigenvalue weighted by atomic mass is 10.1. The minimum atomic E-state index is -0.0408. The molecule has 0 spiro atoms. The van der Waals surface area contributed by atoms with Crippen LogP contribution in [0.15, 0.2) is 53.3 Å². The monoisotopic (exact) mass is 379 g/mol. The Morgan fingerprint density at radius 3 is 2.50 bits per heavy atom. The Labute approximate surface area is 166 Å². The average Bonchev–Trinajstić information content (AvgIpc) is 3.00. The van der Waals surface area contributed by atoms with Gasteiger partial charge in [0, 0.05) is 19.6 Å². The van der Waals surface area contributed by atoms with Gasteiger partial charge < -0.3 is 4.74 Å². The number of aryl methyl sites for hydroxylation is 3. The van der Waals surface area contributed by atoms with E-state index in [0.717, 1.165) is 24.2 Å². The van der Waals surface area contributed by atoms with Crippen LogP contribution in [0.25, 0.3) is 0 Å². The molecule has 5 nitrogen and oxygen atoms in total. The van der Waals surface area contributed by atoms with Crippen molar-refractivity contribution in [2.75, 3.05) is 6.61 Å². The van der Waals surface area contributed by atoms with E-state index in [4.69, 9.17) is 4.74 Å². The quantitative estimate of drug-likeness (QED) is 0.530. The van der Waals surface area contributed by atoms with Gasteiger partial charge in [0.05, 0.1) is 13.2 Å². The zero-order valence-electron chi connectivity index (χ0n) is 17.0. The number of hydrogen-bond donors (Lipinski definition) is 0. The molecule has 3 rings (SSSR count). The Morgan fingerprint density at radius 2 is 1.79 bits per heavy atom. The summed E-state index contributed by atoms with van der Waals surface area (Å²) in [5.41, 5.74) is 4.72. The molecule has 0 saturated carbocycles. The minimum absolute atomic E-state index is 0.0408. The molecule has 0 amide bonds. The highest BCUT2D eigenvalue weighted by Gasteiger charge is 2.12. The van der Waals surface area contributed by atoms with Gasteiger partial charge in [-0.05, 0) is 49.4 Å². The maximum Gasteiger partial charge on any atom is 0.346 e. The molecule has 3 aromatic rings. The zero-order chi connectivity index (χ0) is 19.9. The molecule has 0 aliphatic heterocycles. The van der Waals surface area contributed by atoms with Crippen molar-refractivity contribution in [2.24, 2.45) is 0 Å². The van der Waals surface area contributed by atoms with Crippen molar-refractivity contribution in [3.8, 4) is 0 Å². The van der Waals surface area contributed by atoms with E-state index in [1.807, 2.05) is 25.1 Å². The van der Waals surface area contributed by atoms with Crippen LogP contribution < -0.4 is 5.69 Å². The highest BCUT2D eigenvalue weighted by Crippen LogP contribution is 2.11. The van der Waals surface area contributed by atoms with Crippen molar-refractivity contribution in [3.63, 3.8) is 0 Å². The summed E-state index contributed by atoms with van der Waals surface area (Å²) in [6, 6.07) is 16.4. The summed E-state index contributed by atoms with van der Waals surface area (Å²) in [4.78, 5) is 12.7. The second kappa shape index (κ2) is 9.51. The maximum absolute atomic E-state index is 12.7. The molecule has 0 aliphatic carbocycles. The molecular formula is C23H29N3O2. The Kier molecular flexibility index (Phi) is 6.82. The molecule has 0 atom stereocenters. The van der Waals surface area contributed by atoms with Crippen molar-refractivity contribution in [1.29, 1.82) is 0 Å². The third kappa shape index (κ3) is 4.98. The molecule has 5 heteroatoms. The van der Waals surface area contributed by atoms with Crippen LogP contribution in [0.3, 0.4) is 0 Å². The lowest BCUT2D eigenvalue weighted by molar-refractivity contribution is 0.118. The van der Waals surface area contributed by atoms with Crippen LogP contribution >= 0.6 is 0 Å². The summed E-state index contributed by atoms with van der Waals surface area (Å²) < 4.78 is 9.09. The molecule has 28 heavy (non-hydrogen) atoms. The number of aromatic nitrogens is 3. The number of benzene rings is 2. The minimum Gasteiger partial charge on any atom is -0.377 e. The van der Waals surface area contributed by atoms with E-state index in [9.17, 15) is 4.79 Å². The van der Waals surface area contributed by atoms with E-state index in [1.165, 1.54) is 16.7 Å². The van der Waals surface area contributed by atoms with Crippen molar-refractivity contribution in [1.82, 2.24) is 14.3 Å². The smallest absolute Gasteiger partial charge is 0.346 e. The number of hydrogen-bond acceptors (Lipinski definition) is 3. The molecule has 1 aromatic heterocycles. The SMILES string of the molecule is CCn1c(CCCOCc2ccccc2)nn(Cc2ccc(C)c(C)c2)c1=O. The fraction of sp³-hybridized carbons (Fsp3) is 0.391. The molecule has 0 unspecified atom stereocenters. The first-order valence-corrected chi connectivity index (χ1v) is 9.92. The molecule has 1 heterocycles. The Morgan fingerprint density at radius 1 is 1.00 bits per heavy atom. The van der Waals surface area contributed by atoms with Crippen molar-refractivity contribution < 1.29 is 4.74 Å². The molecule has 0 saturated heterocycles. The van der Waals surface area contributed by atoms with Gasteiger partial charge in [0.2, 0.25) is 0 Å². The van der Waals surface area contributed by atoms with E-state index >= 15 is 0 Å². The van der Waals surface area contributed by atoms with Gasteiger partial charge in [0.1, 0.15) is 5.82 Å². The standard InChI is InChI=1S/C23H29N3O2/c1-4-25-22(11-8-14-28-17-20-9-6-5-7-10-20)24-26(23(25)27)16-21-13-12-18(2)19(3)15-21/h5-7,9-10,12-13,15H,4,8,11,14,16-17H2,1-3H3. The fourth-order valence-corrected chi connectivity index (χ4v) is 3.26. The largest absolute Gasteiger partial charge is 0.377 e. The molecule has 148 valence electrons. The summed E-state index contributed by atoms with van der Waals surface area (Å²) in [5, 5.41) is 4.60. The van der Waals surface area contributed by atoms with Crippen LogP contribution in [0.4, 0.5) is 0 Å². The van der Waals surface area contributed by atoms with Gasteiger partial charge in [-0.1, -0.05) is 48.5 Å². The Balaban J connectivity index is 1.59. The lowest BCUT2D eigenvalue weighted by Crippen LogP contribution is -2.25. The number of ether oxygens (including phenoxy) is 1. The van der Waals surface area contributed by atoms with E-state index in [-0.39, 0.29) is 5.69 Å². The lowest BCUT2D eigenvalue weighted by Gasteiger charge is -2.05. The highest BCUT2D eigenvalue weighted by atomic mass is 16.5. The van der Waals surface area contributed by atoms with E-state index in [1.54, 1.807) is 9.25 Å². The third-order valence-corrected chi connectivity index (χ3v) is 5.02. The first-order chi connectivity index (χ1) is 13.6. The van der Waals surface area contributed by atoms with Crippen LogP contribution in [0.2, 0.25) is 0 Å². The van der Waals surface area contributed by atoms with Gasteiger partial charge in [0.15, 0.2) is 0 Å². The van der Waals surface area contributed by atoms with Crippen molar-refractivity contribution in [3.05, 3.63) is 87.1 Å². The van der Waals surface area contributed by atoms with Crippen LogP contribution in [0.1, 0.15) is 41.4 Å². The second-order valence-corrected chi connectivity index (χ2v) is 7.16. The van der Waals surface area contributed by atoms with Gasteiger partial charge in [-0.2, -0.15) is 5.10 Å². The van der Waals surface area contributed by atoms with Crippen LogP contribution in [0.5, 0.6) is 0 Å². The van der Waals surface area contributed by atoms with Gasteiger partial charge in [0.25, 0.3) is 0 Å². The summed E-state index contributed by atoms with van der Waals surface area (Å²) in [6.45, 7) is 8.57. The van der Waals surface area contributed by atoms with Gasteiger partial charge in [-0.15, -0.1) is 0 Å². The van der Waals surface area contributed by atoms with Crippen molar-refractivity contribution in [2.45, 2.75) is 53.3 Å². The molecule has 0 N–H and O–H groups in total. The summed E-state index contributed by atoms with van der Waals surface area (Å²) in [7, 11) is 0. The summed E-state index contributed by atoms with van der Waals surface area (Å²) >= 11 is 0. The van der Waals surface area contributed by atoms with Crippen LogP contribution in [-0.2, 0) is 30.9 Å². The summed E-state index contributed by atoms with van der Waals surface area (Å²) in [6.07, 6.45) is 1.57. The third-order valence-electron chi connectivity index (χ3n) is 5.02. The summed E-state index contributed by atoms with van der Waals surface area (Å²) in [5.74, 6) is 0.833.